The minimum Gasteiger partial charge on any atom is -0.469 e. The summed E-state index contributed by atoms with van der Waals surface area (Å²) >= 11 is 0. The van der Waals surface area contributed by atoms with Crippen molar-refractivity contribution in [2.45, 2.75) is 53.1 Å². The molecule has 0 aliphatic rings. The second-order valence-electron chi connectivity index (χ2n) is 5.89. The minimum atomic E-state index is -0.510. The topological polar surface area (TPSA) is 43.3 Å². The Morgan fingerprint density at radius 1 is 1.45 bits per heavy atom. The predicted octanol–water partition coefficient (Wildman–Crippen LogP) is 3.14. The van der Waals surface area contributed by atoms with E-state index in [2.05, 4.69) is 36.0 Å². The van der Waals surface area contributed by atoms with Crippen molar-refractivity contribution in [3.05, 3.63) is 24.0 Å². The van der Waals surface area contributed by atoms with Gasteiger partial charge in [0.2, 0.25) is 0 Å². The zero-order valence-corrected chi connectivity index (χ0v) is 13.4. The lowest BCUT2D eigenvalue weighted by Crippen LogP contribution is -2.30. The first-order valence-electron chi connectivity index (χ1n) is 7.42. The van der Waals surface area contributed by atoms with E-state index < -0.39 is 5.41 Å². The number of carbonyl (C=O) groups excluding carboxylic acids is 1. The van der Waals surface area contributed by atoms with Gasteiger partial charge in [0.1, 0.15) is 0 Å². The molecule has 1 atom stereocenters. The van der Waals surface area contributed by atoms with E-state index in [1.807, 2.05) is 20.0 Å². The summed E-state index contributed by atoms with van der Waals surface area (Å²) in [7, 11) is 1.44. The van der Waals surface area contributed by atoms with E-state index in [-0.39, 0.29) is 5.97 Å². The fourth-order valence-corrected chi connectivity index (χ4v) is 2.48. The molecule has 0 aliphatic heterocycles. The molecule has 0 aromatic carbocycles. The van der Waals surface area contributed by atoms with Gasteiger partial charge in [-0.1, -0.05) is 20.3 Å². The largest absolute Gasteiger partial charge is 0.469 e. The summed E-state index contributed by atoms with van der Waals surface area (Å²) in [6.45, 7) is 9.73. The molecule has 0 bridgehead atoms. The lowest BCUT2D eigenvalue weighted by atomic mass is 9.94. The molecule has 0 fully saturated rings. The van der Waals surface area contributed by atoms with Crippen molar-refractivity contribution in [1.82, 2.24) is 9.88 Å². The second-order valence-corrected chi connectivity index (χ2v) is 5.89. The number of carbonyl (C=O) groups is 1. The molecule has 0 spiro atoms. The number of ether oxygens (including phenoxy) is 1. The van der Waals surface area contributed by atoms with Crippen LogP contribution in [0.2, 0.25) is 0 Å². The molecule has 4 heteroatoms. The van der Waals surface area contributed by atoms with E-state index in [9.17, 15) is 4.79 Å². The van der Waals surface area contributed by atoms with Gasteiger partial charge in [0.25, 0.3) is 0 Å². The maximum absolute atomic E-state index is 11.7. The molecule has 1 rings (SSSR count). The quantitative estimate of drug-likeness (QED) is 0.744. The standard InChI is InChI=1S/C16H28N2O2/c1-6-8-14(17-7-2)13-9-10-18(11-13)12-16(3,4)15(19)20-5/h9-11,14,17H,6-8,12H2,1-5H3. The SMILES string of the molecule is CCCC(NCC)c1ccn(CC(C)(C)C(=O)OC)c1. The molecule has 4 nitrogen and oxygen atoms in total. The van der Waals surface area contributed by atoms with Crippen molar-refractivity contribution in [3.63, 3.8) is 0 Å². The molecule has 1 aromatic heterocycles. The number of methoxy groups -OCH3 is 1. The third kappa shape index (κ3) is 4.37. The average Bonchev–Trinajstić information content (AvgIpc) is 2.85. The highest BCUT2D eigenvalue weighted by molar-refractivity contribution is 5.75. The fraction of sp³-hybridized carbons (Fsp3) is 0.688. The Labute approximate surface area is 122 Å². The molecule has 0 saturated heterocycles. The maximum Gasteiger partial charge on any atom is 0.313 e. The van der Waals surface area contributed by atoms with Gasteiger partial charge in [-0.25, -0.2) is 0 Å². The van der Waals surface area contributed by atoms with Gasteiger partial charge >= 0.3 is 5.97 Å². The van der Waals surface area contributed by atoms with Crippen molar-refractivity contribution >= 4 is 5.97 Å². The lowest BCUT2D eigenvalue weighted by Gasteiger charge is -2.22. The number of hydrogen-bond donors (Lipinski definition) is 1. The third-order valence-corrected chi connectivity index (χ3v) is 3.52. The van der Waals surface area contributed by atoms with Crippen LogP contribution in [0.1, 0.15) is 52.1 Å². The number of aromatic nitrogens is 1. The summed E-state index contributed by atoms with van der Waals surface area (Å²) in [6.07, 6.45) is 6.45. The molecule has 0 saturated carbocycles. The van der Waals surface area contributed by atoms with Gasteiger partial charge in [-0.15, -0.1) is 0 Å². The molecular weight excluding hydrogens is 252 g/mol. The summed E-state index contributed by atoms with van der Waals surface area (Å²) in [4.78, 5) is 11.7. The van der Waals surface area contributed by atoms with Crippen molar-refractivity contribution < 1.29 is 9.53 Å². The van der Waals surface area contributed by atoms with Gasteiger partial charge in [-0.2, -0.15) is 0 Å². The van der Waals surface area contributed by atoms with E-state index in [1.54, 1.807) is 0 Å². The fourth-order valence-electron chi connectivity index (χ4n) is 2.48. The van der Waals surface area contributed by atoms with Crippen LogP contribution in [0, 0.1) is 5.41 Å². The van der Waals surface area contributed by atoms with E-state index in [0.717, 1.165) is 19.4 Å². The van der Waals surface area contributed by atoms with E-state index in [1.165, 1.54) is 12.7 Å². The van der Waals surface area contributed by atoms with Crippen LogP contribution in [-0.2, 0) is 16.1 Å². The molecule has 0 radical (unpaired) electrons. The molecule has 1 N–H and O–H groups in total. The van der Waals surface area contributed by atoms with Gasteiger partial charge in [0, 0.05) is 25.0 Å². The van der Waals surface area contributed by atoms with Crippen LogP contribution in [0.4, 0.5) is 0 Å². The highest BCUT2D eigenvalue weighted by Gasteiger charge is 2.29. The van der Waals surface area contributed by atoms with Crippen LogP contribution in [0.25, 0.3) is 0 Å². The molecule has 0 aliphatic carbocycles. The molecule has 20 heavy (non-hydrogen) atoms. The van der Waals surface area contributed by atoms with Gasteiger partial charge in [0.15, 0.2) is 0 Å². The van der Waals surface area contributed by atoms with Gasteiger partial charge in [-0.3, -0.25) is 4.79 Å². The zero-order chi connectivity index (χ0) is 15.2. The molecule has 1 heterocycles. The van der Waals surface area contributed by atoms with Crippen LogP contribution in [0.15, 0.2) is 18.5 Å². The Morgan fingerprint density at radius 3 is 2.70 bits per heavy atom. The van der Waals surface area contributed by atoms with Crippen LogP contribution in [0.3, 0.4) is 0 Å². The second kappa shape index (κ2) is 7.48. The number of esters is 1. The van der Waals surface area contributed by atoms with Crippen LogP contribution >= 0.6 is 0 Å². The average molecular weight is 280 g/mol. The summed E-state index contributed by atoms with van der Waals surface area (Å²) in [6, 6.07) is 2.53. The smallest absolute Gasteiger partial charge is 0.313 e. The highest BCUT2D eigenvalue weighted by Crippen LogP contribution is 2.23. The maximum atomic E-state index is 11.7. The highest BCUT2D eigenvalue weighted by atomic mass is 16.5. The monoisotopic (exact) mass is 280 g/mol. The summed E-state index contributed by atoms with van der Waals surface area (Å²) in [5.74, 6) is -0.176. The van der Waals surface area contributed by atoms with E-state index in [4.69, 9.17) is 4.74 Å². The number of hydrogen-bond acceptors (Lipinski definition) is 3. The van der Waals surface area contributed by atoms with Crippen molar-refractivity contribution in [3.8, 4) is 0 Å². The van der Waals surface area contributed by atoms with E-state index >= 15 is 0 Å². The Morgan fingerprint density at radius 2 is 2.15 bits per heavy atom. The summed E-state index contributed by atoms with van der Waals surface area (Å²) in [5.41, 5.74) is 0.776. The lowest BCUT2D eigenvalue weighted by molar-refractivity contribution is -0.151. The van der Waals surface area contributed by atoms with Gasteiger partial charge < -0.3 is 14.6 Å². The summed E-state index contributed by atoms with van der Waals surface area (Å²) in [5, 5.41) is 3.50. The van der Waals surface area contributed by atoms with Gasteiger partial charge in [-0.05, 0) is 38.4 Å². The molecule has 1 unspecified atom stereocenters. The van der Waals surface area contributed by atoms with Crippen LogP contribution in [-0.4, -0.2) is 24.2 Å². The zero-order valence-electron chi connectivity index (χ0n) is 13.4. The van der Waals surface area contributed by atoms with Crippen molar-refractivity contribution in [2.24, 2.45) is 5.41 Å². The number of nitrogens with zero attached hydrogens (tertiary/aromatic N) is 1. The van der Waals surface area contributed by atoms with Crippen molar-refractivity contribution in [1.29, 1.82) is 0 Å². The van der Waals surface area contributed by atoms with Crippen molar-refractivity contribution in [2.75, 3.05) is 13.7 Å². The summed E-state index contributed by atoms with van der Waals surface area (Å²) < 4.78 is 6.93. The van der Waals surface area contributed by atoms with Crippen LogP contribution in [0.5, 0.6) is 0 Å². The molecule has 1 aromatic rings. The predicted molar refractivity (Wildman–Crippen MR) is 81.6 cm³/mol. The normalized spacial score (nSPS) is 13.2. The van der Waals surface area contributed by atoms with Crippen LogP contribution < -0.4 is 5.32 Å². The molecule has 114 valence electrons. The first-order valence-corrected chi connectivity index (χ1v) is 7.42. The molecular formula is C16H28N2O2. The molecule has 0 amide bonds. The minimum absolute atomic E-state index is 0.176. The van der Waals surface area contributed by atoms with Gasteiger partial charge in [0.05, 0.1) is 12.5 Å². The first-order chi connectivity index (χ1) is 9.44. The third-order valence-electron chi connectivity index (χ3n) is 3.52. The number of rotatable bonds is 8. The first kappa shape index (κ1) is 16.8. The Bertz CT molecular complexity index is 418. The Hall–Kier alpha value is -1.29. The Balaban J connectivity index is 2.78. The van der Waals surface area contributed by atoms with E-state index in [0.29, 0.717) is 12.6 Å². The number of nitrogens with one attached hydrogen (secondary N) is 1. The Kier molecular flexibility index (Phi) is 6.27.